The summed E-state index contributed by atoms with van der Waals surface area (Å²) in [5, 5.41) is 31.9. The summed E-state index contributed by atoms with van der Waals surface area (Å²) in [6.07, 6.45) is -0.547. The maximum absolute atomic E-state index is 12.8. The van der Waals surface area contributed by atoms with Crippen molar-refractivity contribution in [3.63, 3.8) is 0 Å². The lowest BCUT2D eigenvalue weighted by atomic mass is 10.3. The summed E-state index contributed by atoms with van der Waals surface area (Å²) in [6, 6.07) is -0.345. The van der Waals surface area contributed by atoms with Crippen LogP contribution < -0.4 is 4.65 Å². The average Bonchev–Trinajstić information content (AvgIpc) is 2.91. The van der Waals surface area contributed by atoms with Crippen LogP contribution in [0.5, 0.6) is 0 Å². The summed E-state index contributed by atoms with van der Waals surface area (Å²) in [6.45, 7) is 0.429. The van der Waals surface area contributed by atoms with Gasteiger partial charge in [0, 0.05) is 19.4 Å². The van der Waals surface area contributed by atoms with Crippen molar-refractivity contribution < 1.29 is 9.84 Å². The zero-order valence-corrected chi connectivity index (χ0v) is 12.4. The monoisotopic (exact) mass is 308 g/mol. The van der Waals surface area contributed by atoms with Gasteiger partial charge in [-0.25, -0.2) is 4.90 Å². The molecule has 1 saturated heterocycles. The average molecular weight is 309 g/mol. The highest BCUT2D eigenvalue weighted by molar-refractivity contribution is 7.15. The van der Waals surface area contributed by atoms with Crippen LogP contribution >= 0.6 is 22.9 Å². The standard InChI is InChI=1S/C10H17ClN4O3S/c1-14-6-15(17,9(16)7(14)5-18-2)10-13-12-8(19-10)3-4-11/h7,9,16H,3-6H2,1-2H3. The Hall–Kier alpha value is -0.350. The van der Waals surface area contributed by atoms with Gasteiger partial charge in [-0.3, -0.25) is 4.65 Å². The first-order valence-corrected chi connectivity index (χ1v) is 7.23. The fraction of sp³-hybridized carbons (Fsp3) is 0.800. The fourth-order valence-electron chi connectivity index (χ4n) is 2.16. The molecule has 7 nitrogen and oxygen atoms in total. The molecule has 1 aromatic heterocycles. The first-order chi connectivity index (χ1) is 9.02. The zero-order valence-electron chi connectivity index (χ0n) is 10.8. The van der Waals surface area contributed by atoms with Crippen LogP contribution in [0.25, 0.3) is 0 Å². The third-order valence-electron chi connectivity index (χ3n) is 3.20. The van der Waals surface area contributed by atoms with Crippen molar-refractivity contribution in [2.45, 2.75) is 18.7 Å². The van der Waals surface area contributed by atoms with Gasteiger partial charge in [-0.05, 0) is 18.4 Å². The summed E-state index contributed by atoms with van der Waals surface area (Å²) in [4.78, 5) is 1.78. The van der Waals surface area contributed by atoms with E-state index in [0.29, 0.717) is 23.9 Å². The van der Waals surface area contributed by atoms with Crippen LogP contribution in [0.2, 0.25) is 0 Å². The number of halogens is 1. The molecule has 0 spiro atoms. The highest BCUT2D eigenvalue weighted by Crippen LogP contribution is 2.35. The van der Waals surface area contributed by atoms with Crippen molar-refractivity contribution in [1.82, 2.24) is 19.7 Å². The number of likely N-dealkylation sites (N-methyl/N-ethyl adjacent to an activating group) is 1. The number of aryl methyl sites for hydroxylation is 1. The Morgan fingerprint density at radius 2 is 2.37 bits per heavy atom. The first kappa shape index (κ1) is 15.0. The second-order valence-corrected chi connectivity index (χ2v) is 5.97. The van der Waals surface area contributed by atoms with E-state index < -0.39 is 10.9 Å². The maximum Gasteiger partial charge on any atom is 0.309 e. The Morgan fingerprint density at radius 1 is 1.63 bits per heavy atom. The van der Waals surface area contributed by atoms with Crippen LogP contribution in [0.3, 0.4) is 0 Å². The van der Waals surface area contributed by atoms with Crippen LogP contribution in [0.15, 0.2) is 0 Å². The van der Waals surface area contributed by atoms with Crippen molar-refractivity contribution >= 4 is 28.1 Å². The SMILES string of the molecule is COCC1C(O)[N+]([O-])(c2nnc(CCCl)s2)CN1C. The summed E-state index contributed by atoms with van der Waals surface area (Å²) >= 11 is 6.84. The summed E-state index contributed by atoms with van der Waals surface area (Å²) < 4.78 is 4.14. The third-order valence-corrected chi connectivity index (χ3v) is 4.48. The van der Waals surface area contributed by atoms with Gasteiger partial charge >= 0.3 is 5.13 Å². The molecule has 9 heteroatoms. The van der Waals surface area contributed by atoms with Gasteiger partial charge in [-0.1, -0.05) is 5.10 Å². The van der Waals surface area contributed by atoms with Crippen molar-refractivity contribution in [3.8, 4) is 0 Å². The molecule has 0 radical (unpaired) electrons. The van der Waals surface area contributed by atoms with Gasteiger partial charge in [0.05, 0.1) is 6.61 Å². The van der Waals surface area contributed by atoms with E-state index >= 15 is 0 Å². The normalized spacial score (nSPS) is 32.1. The molecule has 2 heterocycles. The molecule has 2 rings (SSSR count). The van der Waals surface area contributed by atoms with Crippen molar-refractivity contribution in [2.24, 2.45) is 0 Å². The Bertz CT molecular complexity index is 435. The Balaban J connectivity index is 2.21. The molecule has 0 bridgehead atoms. The Kier molecular flexibility index (Phi) is 4.72. The Morgan fingerprint density at radius 3 is 3.00 bits per heavy atom. The van der Waals surface area contributed by atoms with E-state index in [1.165, 1.54) is 11.3 Å². The van der Waals surface area contributed by atoms with E-state index in [1.807, 2.05) is 0 Å². The number of rotatable bonds is 5. The van der Waals surface area contributed by atoms with Gasteiger partial charge in [-0.15, -0.1) is 16.7 Å². The quantitative estimate of drug-likeness (QED) is 0.480. The number of nitrogens with zero attached hydrogens (tertiary/aromatic N) is 4. The van der Waals surface area contributed by atoms with E-state index in [0.717, 1.165) is 0 Å². The van der Waals surface area contributed by atoms with E-state index in [1.54, 1.807) is 19.1 Å². The number of quaternary nitrogens is 1. The minimum absolute atomic E-state index is 0.130. The lowest BCUT2D eigenvalue weighted by Gasteiger charge is -2.37. The number of aromatic nitrogens is 2. The lowest BCUT2D eigenvalue weighted by molar-refractivity contribution is 0.0228. The molecule has 19 heavy (non-hydrogen) atoms. The molecular weight excluding hydrogens is 292 g/mol. The van der Waals surface area contributed by atoms with Crippen molar-refractivity contribution in [2.75, 3.05) is 33.3 Å². The van der Waals surface area contributed by atoms with Crippen LogP contribution in [0, 0.1) is 5.21 Å². The van der Waals surface area contributed by atoms with Gasteiger partial charge in [0.25, 0.3) is 0 Å². The van der Waals surface area contributed by atoms with Crippen molar-refractivity contribution in [1.29, 1.82) is 0 Å². The van der Waals surface area contributed by atoms with Crippen LogP contribution in [-0.2, 0) is 11.2 Å². The van der Waals surface area contributed by atoms with Crippen LogP contribution in [0.4, 0.5) is 5.13 Å². The topological polar surface area (TPSA) is 81.5 Å². The van der Waals surface area contributed by atoms with Gasteiger partial charge in [0.2, 0.25) is 6.23 Å². The van der Waals surface area contributed by atoms with Crippen LogP contribution in [-0.4, -0.2) is 65.8 Å². The second-order valence-electron chi connectivity index (χ2n) is 4.55. The molecule has 1 N–H and O–H groups in total. The summed E-state index contributed by atoms with van der Waals surface area (Å²) in [5.74, 6) is 0.433. The van der Waals surface area contributed by atoms with Crippen LogP contribution in [0.1, 0.15) is 5.01 Å². The molecule has 1 aliphatic rings. The molecule has 1 aliphatic heterocycles. The minimum Gasteiger partial charge on any atom is -0.623 e. The number of alkyl halides is 1. The van der Waals surface area contributed by atoms with E-state index in [2.05, 4.69) is 10.2 Å². The molecular formula is C10H17ClN4O3S. The lowest BCUT2D eigenvalue weighted by Crippen LogP contribution is -2.51. The molecule has 1 aromatic rings. The highest BCUT2D eigenvalue weighted by atomic mass is 35.5. The molecule has 0 aliphatic carbocycles. The number of ether oxygens (including phenoxy) is 1. The molecule has 1 fully saturated rings. The van der Waals surface area contributed by atoms with E-state index in [9.17, 15) is 10.3 Å². The first-order valence-electron chi connectivity index (χ1n) is 5.88. The number of aliphatic hydroxyl groups is 1. The smallest absolute Gasteiger partial charge is 0.309 e. The molecule has 3 unspecified atom stereocenters. The number of hydrogen-bond acceptors (Lipinski definition) is 7. The number of hydroxylamine groups is 2. The summed E-state index contributed by atoms with van der Waals surface area (Å²) in [7, 11) is 3.33. The number of methoxy groups -OCH3 is 1. The highest BCUT2D eigenvalue weighted by Gasteiger charge is 2.48. The van der Waals surface area contributed by atoms with Gasteiger partial charge in [0.1, 0.15) is 17.7 Å². The Labute approximate surface area is 120 Å². The molecule has 3 atom stereocenters. The molecule has 0 aromatic carbocycles. The third kappa shape index (κ3) is 2.75. The second kappa shape index (κ2) is 5.96. The summed E-state index contributed by atoms with van der Waals surface area (Å²) in [5.41, 5.74) is 0. The maximum atomic E-state index is 12.8. The predicted molar refractivity (Wildman–Crippen MR) is 73.8 cm³/mol. The molecule has 0 saturated carbocycles. The van der Waals surface area contributed by atoms with Crippen molar-refractivity contribution in [3.05, 3.63) is 10.2 Å². The minimum atomic E-state index is -1.12. The van der Waals surface area contributed by atoms with E-state index in [-0.39, 0.29) is 17.8 Å². The van der Waals surface area contributed by atoms with Gasteiger partial charge in [-0.2, -0.15) is 0 Å². The van der Waals surface area contributed by atoms with E-state index in [4.69, 9.17) is 16.3 Å². The predicted octanol–water partition coefficient (Wildman–Crippen LogP) is 0.361. The van der Waals surface area contributed by atoms with Gasteiger partial charge < -0.3 is 15.1 Å². The molecule has 108 valence electrons. The largest absolute Gasteiger partial charge is 0.623 e. The number of hydrogen-bond donors (Lipinski definition) is 1. The van der Waals surface area contributed by atoms with Gasteiger partial charge in [0.15, 0.2) is 0 Å². The fourth-order valence-corrected chi connectivity index (χ4v) is 3.35. The number of aliphatic hydroxyl groups excluding tert-OH is 1. The zero-order chi connectivity index (χ0) is 14.0. The molecule has 0 amide bonds.